The zero-order chi connectivity index (χ0) is 17.9. The van der Waals surface area contributed by atoms with Crippen LogP contribution >= 0.6 is 23.4 Å². The summed E-state index contributed by atoms with van der Waals surface area (Å²) in [5.41, 5.74) is 4.44. The number of rotatable bonds is 3. The molecule has 0 fully saturated rings. The Balaban J connectivity index is 1.78. The predicted molar refractivity (Wildman–Crippen MR) is 110 cm³/mol. The molecular formula is C22H18ClNOS. The second kappa shape index (κ2) is 7.56. The first-order chi connectivity index (χ1) is 12.7. The van der Waals surface area contributed by atoms with Gasteiger partial charge < -0.3 is 4.74 Å². The van der Waals surface area contributed by atoms with Crippen molar-refractivity contribution in [2.24, 2.45) is 4.99 Å². The van der Waals surface area contributed by atoms with Gasteiger partial charge in [0, 0.05) is 27.3 Å². The number of nitrogens with zero attached hydrogens (tertiary/aromatic N) is 1. The summed E-state index contributed by atoms with van der Waals surface area (Å²) < 4.78 is 5.30. The summed E-state index contributed by atoms with van der Waals surface area (Å²) >= 11 is 8.06. The van der Waals surface area contributed by atoms with Crippen molar-refractivity contribution in [3.8, 4) is 5.75 Å². The van der Waals surface area contributed by atoms with E-state index in [4.69, 9.17) is 21.3 Å². The van der Waals surface area contributed by atoms with Crippen molar-refractivity contribution in [3.05, 3.63) is 88.9 Å². The summed E-state index contributed by atoms with van der Waals surface area (Å²) in [6.07, 6.45) is 0.854. The van der Waals surface area contributed by atoms with Crippen LogP contribution in [0.4, 0.5) is 5.69 Å². The molecule has 4 rings (SSSR count). The molecule has 1 unspecified atom stereocenters. The zero-order valence-electron chi connectivity index (χ0n) is 14.4. The van der Waals surface area contributed by atoms with E-state index in [2.05, 4.69) is 42.5 Å². The molecule has 0 amide bonds. The topological polar surface area (TPSA) is 21.6 Å². The Kier molecular flexibility index (Phi) is 5.00. The third-order valence-corrected chi connectivity index (χ3v) is 5.98. The SMILES string of the molecule is COc1ccc(C2CC(c3ccccc3)=Nc3cc(Cl)ccc3S2)cc1. The molecule has 0 radical (unpaired) electrons. The van der Waals surface area contributed by atoms with Gasteiger partial charge in [0.25, 0.3) is 0 Å². The summed E-state index contributed by atoms with van der Waals surface area (Å²) in [4.78, 5) is 6.12. The second-order valence-electron chi connectivity index (χ2n) is 6.12. The van der Waals surface area contributed by atoms with E-state index in [1.807, 2.05) is 42.1 Å². The molecule has 3 aromatic rings. The van der Waals surface area contributed by atoms with Crippen LogP contribution in [0.2, 0.25) is 5.02 Å². The van der Waals surface area contributed by atoms with Gasteiger partial charge in [-0.25, -0.2) is 0 Å². The summed E-state index contributed by atoms with van der Waals surface area (Å²) in [6, 6.07) is 24.6. The van der Waals surface area contributed by atoms with Crippen molar-refractivity contribution in [2.45, 2.75) is 16.6 Å². The van der Waals surface area contributed by atoms with E-state index in [0.717, 1.165) is 34.0 Å². The molecule has 0 spiro atoms. The molecule has 0 saturated heterocycles. The van der Waals surface area contributed by atoms with Crippen LogP contribution < -0.4 is 4.74 Å². The first kappa shape index (κ1) is 17.2. The minimum atomic E-state index is 0.280. The van der Waals surface area contributed by atoms with Gasteiger partial charge in [0.15, 0.2) is 0 Å². The van der Waals surface area contributed by atoms with E-state index in [9.17, 15) is 0 Å². The van der Waals surface area contributed by atoms with Crippen LogP contribution in [0.5, 0.6) is 5.75 Å². The number of aliphatic imine (C=N–C) groups is 1. The Morgan fingerprint density at radius 2 is 1.77 bits per heavy atom. The molecule has 2 nitrogen and oxygen atoms in total. The number of halogens is 1. The van der Waals surface area contributed by atoms with Gasteiger partial charge in [-0.15, -0.1) is 11.8 Å². The van der Waals surface area contributed by atoms with Crippen molar-refractivity contribution in [1.29, 1.82) is 0 Å². The van der Waals surface area contributed by atoms with Crippen molar-refractivity contribution in [3.63, 3.8) is 0 Å². The Bertz CT molecular complexity index is 938. The summed E-state index contributed by atoms with van der Waals surface area (Å²) in [7, 11) is 1.69. The zero-order valence-corrected chi connectivity index (χ0v) is 15.9. The molecule has 1 aliphatic rings. The molecule has 130 valence electrons. The Labute approximate surface area is 162 Å². The predicted octanol–water partition coefficient (Wildman–Crippen LogP) is 6.71. The monoisotopic (exact) mass is 379 g/mol. The lowest BCUT2D eigenvalue weighted by Crippen LogP contribution is -2.05. The molecule has 0 N–H and O–H groups in total. The van der Waals surface area contributed by atoms with E-state index in [1.165, 1.54) is 5.56 Å². The smallest absolute Gasteiger partial charge is 0.118 e. The molecule has 1 atom stereocenters. The number of hydrogen-bond donors (Lipinski definition) is 0. The quantitative estimate of drug-likeness (QED) is 0.504. The third-order valence-electron chi connectivity index (χ3n) is 4.42. The summed E-state index contributed by atoms with van der Waals surface area (Å²) in [5.74, 6) is 0.872. The lowest BCUT2D eigenvalue weighted by Gasteiger charge is -2.16. The van der Waals surface area contributed by atoms with Crippen LogP contribution in [0.3, 0.4) is 0 Å². The number of ether oxygens (including phenoxy) is 1. The highest BCUT2D eigenvalue weighted by molar-refractivity contribution is 7.99. The minimum Gasteiger partial charge on any atom is -0.497 e. The van der Waals surface area contributed by atoms with E-state index in [1.54, 1.807) is 7.11 Å². The largest absolute Gasteiger partial charge is 0.497 e. The van der Waals surface area contributed by atoms with Gasteiger partial charge in [0.05, 0.1) is 12.8 Å². The van der Waals surface area contributed by atoms with Gasteiger partial charge in [0.1, 0.15) is 5.75 Å². The van der Waals surface area contributed by atoms with Crippen LogP contribution in [0, 0.1) is 0 Å². The fourth-order valence-electron chi connectivity index (χ4n) is 3.06. The molecule has 0 aromatic heterocycles. The minimum absolute atomic E-state index is 0.280. The van der Waals surface area contributed by atoms with Gasteiger partial charge in [-0.3, -0.25) is 4.99 Å². The van der Waals surface area contributed by atoms with Gasteiger partial charge >= 0.3 is 0 Å². The molecule has 1 heterocycles. The maximum atomic E-state index is 6.22. The maximum Gasteiger partial charge on any atom is 0.118 e. The highest BCUT2D eigenvalue weighted by Crippen LogP contribution is 2.46. The van der Waals surface area contributed by atoms with E-state index in [-0.39, 0.29) is 5.25 Å². The summed E-state index contributed by atoms with van der Waals surface area (Å²) in [6.45, 7) is 0. The van der Waals surface area contributed by atoms with Crippen molar-refractivity contribution in [2.75, 3.05) is 7.11 Å². The Morgan fingerprint density at radius 3 is 2.50 bits per heavy atom. The fraction of sp³-hybridized carbons (Fsp3) is 0.136. The first-order valence-electron chi connectivity index (χ1n) is 8.46. The standard InChI is InChI=1S/C22H18ClNOS/c1-25-18-10-7-16(8-11-18)22-14-19(15-5-3-2-4-6-15)24-20-13-17(23)9-12-21(20)26-22/h2-13,22H,14H2,1H3. The van der Waals surface area contributed by atoms with E-state index >= 15 is 0 Å². The molecule has 4 heteroatoms. The van der Waals surface area contributed by atoms with Crippen LogP contribution in [0.25, 0.3) is 0 Å². The Hall–Kier alpha value is -2.23. The van der Waals surface area contributed by atoms with Crippen molar-refractivity contribution >= 4 is 34.8 Å². The van der Waals surface area contributed by atoms with Crippen molar-refractivity contribution < 1.29 is 4.74 Å². The van der Waals surface area contributed by atoms with Gasteiger partial charge in [-0.2, -0.15) is 0 Å². The van der Waals surface area contributed by atoms with E-state index in [0.29, 0.717) is 5.02 Å². The average molecular weight is 380 g/mol. The molecule has 0 saturated carbocycles. The third kappa shape index (κ3) is 3.64. The normalized spacial score (nSPS) is 16.4. The van der Waals surface area contributed by atoms with Crippen LogP contribution in [0.15, 0.2) is 82.7 Å². The molecule has 26 heavy (non-hydrogen) atoms. The van der Waals surface area contributed by atoms with Crippen LogP contribution in [0.1, 0.15) is 22.8 Å². The number of benzene rings is 3. The number of fused-ring (bicyclic) bond motifs is 1. The number of thioether (sulfide) groups is 1. The lowest BCUT2D eigenvalue weighted by atomic mass is 10.0. The molecule has 0 aliphatic carbocycles. The highest BCUT2D eigenvalue weighted by atomic mass is 35.5. The second-order valence-corrected chi connectivity index (χ2v) is 7.80. The van der Waals surface area contributed by atoms with Gasteiger partial charge in [-0.05, 0) is 41.5 Å². The lowest BCUT2D eigenvalue weighted by molar-refractivity contribution is 0.414. The summed E-state index contributed by atoms with van der Waals surface area (Å²) in [5, 5.41) is 0.991. The first-order valence-corrected chi connectivity index (χ1v) is 9.72. The maximum absolute atomic E-state index is 6.22. The highest BCUT2D eigenvalue weighted by Gasteiger charge is 2.22. The average Bonchev–Trinajstić information content (AvgIpc) is 2.88. The molecule has 0 bridgehead atoms. The van der Waals surface area contributed by atoms with Crippen molar-refractivity contribution in [1.82, 2.24) is 0 Å². The molecule has 1 aliphatic heterocycles. The van der Waals surface area contributed by atoms with E-state index < -0.39 is 0 Å². The number of methoxy groups -OCH3 is 1. The van der Waals surface area contributed by atoms with Gasteiger partial charge in [0.2, 0.25) is 0 Å². The van der Waals surface area contributed by atoms with Crippen LogP contribution in [-0.4, -0.2) is 12.8 Å². The molecule has 3 aromatic carbocycles. The van der Waals surface area contributed by atoms with Gasteiger partial charge in [-0.1, -0.05) is 54.1 Å². The molecular weight excluding hydrogens is 362 g/mol. The fourth-order valence-corrected chi connectivity index (χ4v) is 4.44. The number of hydrogen-bond acceptors (Lipinski definition) is 3. The van der Waals surface area contributed by atoms with Crippen LogP contribution in [-0.2, 0) is 0 Å². The Morgan fingerprint density at radius 1 is 1.00 bits per heavy atom.